The van der Waals surface area contributed by atoms with Crippen LogP contribution in [0.1, 0.15) is 15.9 Å². The number of carbonyl (C=O) groups is 1. The molecule has 0 atom stereocenters. The standard InChI is InChI=1S/C10H9BrF2O3/c1-15-9(14)6-2-3-7(5-11)8(4-6)16-10(12)13/h2-4,10H,5H2,1H3. The van der Waals surface area contributed by atoms with Crippen LogP contribution in [0.15, 0.2) is 18.2 Å². The maximum Gasteiger partial charge on any atom is 0.387 e. The molecule has 0 heterocycles. The zero-order valence-electron chi connectivity index (χ0n) is 8.38. The van der Waals surface area contributed by atoms with Gasteiger partial charge in [-0.25, -0.2) is 4.79 Å². The molecule has 0 N–H and O–H groups in total. The van der Waals surface area contributed by atoms with Crippen molar-refractivity contribution in [1.82, 2.24) is 0 Å². The lowest BCUT2D eigenvalue weighted by atomic mass is 10.1. The summed E-state index contributed by atoms with van der Waals surface area (Å²) in [4.78, 5) is 11.2. The van der Waals surface area contributed by atoms with E-state index in [1.54, 1.807) is 0 Å². The zero-order valence-corrected chi connectivity index (χ0v) is 9.96. The highest BCUT2D eigenvalue weighted by molar-refractivity contribution is 9.08. The molecule has 0 fully saturated rings. The van der Waals surface area contributed by atoms with Gasteiger partial charge in [0, 0.05) is 10.9 Å². The third-order valence-corrected chi connectivity index (χ3v) is 2.45. The minimum atomic E-state index is -2.93. The molecule has 0 aliphatic rings. The van der Waals surface area contributed by atoms with E-state index in [1.165, 1.54) is 25.3 Å². The first-order chi connectivity index (χ1) is 7.58. The van der Waals surface area contributed by atoms with Gasteiger partial charge in [-0.05, 0) is 12.1 Å². The number of benzene rings is 1. The molecule has 0 unspecified atom stereocenters. The lowest BCUT2D eigenvalue weighted by molar-refractivity contribution is -0.0503. The Kier molecular flexibility index (Phi) is 4.67. The number of halogens is 3. The van der Waals surface area contributed by atoms with E-state index in [4.69, 9.17) is 0 Å². The molecule has 88 valence electrons. The SMILES string of the molecule is COC(=O)c1ccc(CBr)c(OC(F)F)c1. The molecule has 0 amide bonds. The highest BCUT2D eigenvalue weighted by Crippen LogP contribution is 2.24. The van der Waals surface area contributed by atoms with Crippen LogP contribution in [0.4, 0.5) is 8.78 Å². The van der Waals surface area contributed by atoms with Gasteiger partial charge in [-0.1, -0.05) is 22.0 Å². The largest absolute Gasteiger partial charge is 0.465 e. The van der Waals surface area contributed by atoms with Crippen molar-refractivity contribution in [3.05, 3.63) is 29.3 Å². The summed E-state index contributed by atoms with van der Waals surface area (Å²) in [5.74, 6) is -0.630. The van der Waals surface area contributed by atoms with Crippen molar-refractivity contribution >= 4 is 21.9 Å². The van der Waals surface area contributed by atoms with E-state index in [1.807, 2.05) is 0 Å². The molecule has 1 aromatic carbocycles. The lowest BCUT2D eigenvalue weighted by Crippen LogP contribution is -2.07. The molecule has 0 aliphatic carbocycles. The number of ether oxygens (including phenoxy) is 2. The number of esters is 1. The minimum absolute atomic E-state index is 0.0326. The van der Waals surface area contributed by atoms with Crippen molar-refractivity contribution in [1.29, 1.82) is 0 Å². The van der Waals surface area contributed by atoms with Crippen LogP contribution in [0, 0.1) is 0 Å². The summed E-state index contributed by atoms with van der Waals surface area (Å²) in [6.07, 6.45) is 0. The van der Waals surface area contributed by atoms with Gasteiger partial charge < -0.3 is 9.47 Å². The molecule has 0 bridgehead atoms. The second-order valence-electron chi connectivity index (χ2n) is 2.83. The quantitative estimate of drug-likeness (QED) is 0.633. The number of rotatable bonds is 4. The first-order valence-corrected chi connectivity index (χ1v) is 5.42. The molecule has 16 heavy (non-hydrogen) atoms. The summed E-state index contributed by atoms with van der Waals surface area (Å²) in [6, 6.07) is 4.24. The van der Waals surface area contributed by atoms with Crippen LogP contribution in [0.25, 0.3) is 0 Å². The smallest absolute Gasteiger partial charge is 0.387 e. The first-order valence-electron chi connectivity index (χ1n) is 4.30. The van der Waals surface area contributed by atoms with Crippen molar-refractivity contribution in [2.45, 2.75) is 11.9 Å². The van der Waals surface area contributed by atoms with Crippen molar-refractivity contribution < 1.29 is 23.0 Å². The summed E-state index contributed by atoms with van der Waals surface area (Å²) in [5.41, 5.74) is 0.704. The predicted molar refractivity (Wildman–Crippen MR) is 57.0 cm³/mol. The normalized spacial score (nSPS) is 10.3. The van der Waals surface area contributed by atoms with E-state index in [-0.39, 0.29) is 11.3 Å². The van der Waals surface area contributed by atoms with Crippen molar-refractivity contribution in [2.24, 2.45) is 0 Å². The Bertz CT molecular complexity index is 382. The summed E-state index contributed by atoms with van der Waals surface area (Å²) < 4.78 is 33.0. The molecule has 3 nitrogen and oxygen atoms in total. The fourth-order valence-corrected chi connectivity index (χ4v) is 1.58. The molecule has 1 rings (SSSR count). The lowest BCUT2D eigenvalue weighted by Gasteiger charge is -2.10. The van der Waals surface area contributed by atoms with E-state index < -0.39 is 12.6 Å². The van der Waals surface area contributed by atoms with Gasteiger partial charge in [0.2, 0.25) is 0 Å². The monoisotopic (exact) mass is 294 g/mol. The van der Waals surface area contributed by atoms with Crippen LogP contribution >= 0.6 is 15.9 Å². The Morgan fingerprint density at radius 1 is 1.50 bits per heavy atom. The Labute approximate surface area is 99.5 Å². The molecule has 0 radical (unpaired) electrons. The maximum absolute atomic E-state index is 12.1. The fourth-order valence-electron chi connectivity index (χ4n) is 1.12. The average Bonchev–Trinajstić information content (AvgIpc) is 2.27. The molecule has 6 heteroatoms. The zero-order chi connectivity index (χ0) is 12.1. The van der Waals surface area contributed by atoms with E-state index >= 15 is 0 Å². The van der Waals surface area contributed by atoms with Gasteiger partial charge in [0.1, 0.15) is 5.75 Å². The van der Waals surface area contributed by atoms with Crippen LogP contribution < -0.4 is 4.74 Å². The van der Waals surface area contributed by atoms with Crippen LogP contribution in [-0.2, 0) is 10.1 Å². The summed E-state index contributed by atoms with van der Waals surface area (Å²) >= 11 is 3.14. The predicted octanol–water partition coefficient (Wildman–Crippen LogP) is 2.97. The van der Waals surface area contributed by atoms with E-state index in [9.17, 15) is 13.6 Å². The Hall–Kier alpha value is -1.17. The third kappa shape index (κ3) is 3.16. The summed E-state index contributed by atoms with van der Waals surface area (Å²) in [7, 11) is 1.22. The molecule has 0 spiro atoms. The molecule has 0 saturated carbocycles. The van der Waals surface area contributed by atoms with Crippen LogP contribution in [0.3, 0.4) is 0 Å². The molecule has 1 aromatic rings. The van der Waals surface area contributed by atoms with Crippen LogP contribution in [0.2, 0.25) is 0 Å². The molecule has 0 aliphatic heterocycles. The summed E-state index contributed by atoms with van der Waals surface area (Å²) in [6.45, 7) is -2.93. The van der Waals surface area contributed by atoms with Gasteiger partial charge in [-0.2, -0.15) is 8.78 Å². The Morgan fingerprint density at radius 2 is 2.19 bits per heavy atom. The number of methoxy groups -OCH3 is 1. The van der Waals surface area contributed by atoms with E-state index in [0.717, 1.165) is 0 Å². The van der Waals surface area contributed by atoms with Crippen molar-refractivity contribution in [2.75, 3.05) is 7.11 Å². The molecular weight excluding hydrogens is 286 g/mol. The van der Waals surface area contributed by atoms with Gasteiger partial charge in [-0.15, -0.1) is 0 Å². The van der Waals surface area contributed by atoms with Gasteiger partial charge >= 0.3 is 12.6 Å². The minimum Gasteiger partial charge on any atom is -0.465 e. The van der Waals surface area contributed by atoms with Gasteiger partial charge in [0.25, 0.3) is 0 Å². The number of alkyl halides is 3. The third-order valence-electron chi connectivity index (χ3n) is 1.85. The molecular formula is C10H9BrF2O3. The number of hydrogen-bond donors (Lipinski definition) is 0. The van der Waals surface area contributed by atoms with Gasteiger partial charge in [0.15, 0.2) is 0 Å². The number of hydrogen-bond acceptors (Lipinski definition) is 3. The second kappa shape index (κ2) is 5.79. The first kappa shape index (κ1) is 12.9. The number of carbonyl (C=O) groups excluding carboxylic acids is 1. The Morgan fingerprint density at radius 3 is 2.69 bits per heavy atom. The van der Waals surface area contributed by atoms with Crippen LogP contribution in [-0.4, -0.2) is 19.7 Å². The molecule has 0 saturated heterocycles. The van der Waals surface area contributed by atoms with Crippen molar-refractivity contribution in [3.63, 3.8) is 0 Å². The van der Waals surface area contributed by atoms with E-state index in [0.29, 0.717) is 10.9 Å². The topological polar surface area (TPSA) is 35.5 Å². The van der Waals surface area contributed by atoms with Gasteiger partial charge in [-0.3, -0.25) is 0 Å². The van der Waals surface area contributed by atoms with Gasteiger partial charge in [0.05, 0.1) is 12.7 Å². The van der Waals surface area contributed by atoms with Crippen LogP contribution in [0.5, 0.6) is 5.75 Å². The Balaban J connectivity index is 3.05. The molecule has 0 aromatic heterocycles. The summed E-state index contributed by atoms with van der Waals surface area (Å²) in [5, 5.41) is 0.358. The highest BCUT2D eigenvalue weighted by atomic mass is 79.9. The van der Waals surface area contributed by atoms with Crippen molar-refractivity contribution in [3.8, 4) is 5.75 Å². The highest BCUT2D eigenvalue weighted by Gasteiger charge is 2.13. The second-order valence-corrected chi connectivity index (χ2v) is 3.39. The van der Waals surface area contributed by atoms with E-state index in [2.05, 4.69) is 25.4 Å². The maximum atomic E-state index is 12.1. The fraction of sp³-hybridized carbons (Fsp3) is 0.300. The average molecular weight is 295 g/mol.